The molecule has 0 saturated carbocycles. The van der Waals surface area contributed by atoms with Crippen molar-refractivity contribution in [2.45, 2.75) is 0 Å². The van der Waals surface area contributed by atoms with E-state index in [1.165, 1.54) is 0 Å². The van der Waals surface area contributed by atoms with Crippen LogP contribution < -0.4 is 0 Å². The number of hydrogen-bond donors (Lipinski definition) is 4. The van der Waals surface area contributed by atoms with Gasteiger partial charge in [0.05, 0.1) is 0 Å². The van der Waals surface area contributed by atoms with Crippen LogP contribution in [-0.4, -0.2) is 53.1 Å². The normalized spacial score (nSPS) is 3.47. The van der Waals surface area contributed by atoms with Gasteiger partial charge in [-0.3, -0.25) is 0 Å². The third-order valence-electron chi connectivity index (χ3n) is 0. The van der Waals surface area contributed by atoms with E-state index < -0.39 is 0 Å². The maximum atomic E-state index is 8.24. The molecule has 0 unspecified atom stereocenters. The molecule has 15 heavy (non-hydrogen) atoms. The fourth-order valence-corrected chi connectivity index (χ4v) is 0. The molecule has 0 atom stereocenters. The molecule has 88 valence electrons. The summed E-state index contributed by atoms with van der Waals surface area (Å²) in [6.45, 7) is 4.00. The van der Waals surface area contributed by atoms with E-state index in [0.717, 1.165) is 0 Å². The smallest absolute Gasteiger partial charge is 0.665 e. The van der Waals surface area contributed by atoms with Crippen molar-refractivity contribution >= 4 is 32.7 Å². The molecule has 0 bridgehead atoms. The van der Waals surface area contributed by atoms with Gasteiger partial charge in [0.25, 0.3) is 0 Å². The van der Waals surface area contributed by atoms with E-state index in [1.807, 2.05) is 6.79 Å². The van der Waals surface area contributed by atoms with E-state index in [0.29, 0.717) is 25.9 Å². The van der Waals surface area contributed by atoms with Crippen molar-refractivity contribution < 1.29 is 63.9 Å². The summed E-state index contributed by atoms with van der Waals surface area (Å²) in [5.74, 6) is 0. The summed E-state index contributed by atoms with van der Waals surface area (Å²) in [5.41, 5.74) is 0. The van der Waals surface area contributed by atoms with Crippen LogP contribution in [0.4, 0.5) is 0 Å². The SMILES string of the molecule is C=O.O=[C-]O.O=[C-]O.O=[C-]O.O=[C-]O.[Ru+4]. The molecule has 0 aromatic rings. The van der Waals surface area contributed by atoms with Crippen LogP contribution in [0, 0.1) is 0 Å². The van der Waals surface area contributed by atoms with E-state index in [4.69, 9.17) is 44.4 Å². The van der Waals surface area contributed by atoms with E-state index in [-0.39, 0.29) is 19.5 Å². The molecule has 0 fully saturated rings. The number of hydrogen-bond acceptors (Lipinski definition) is 5. The zero-order valence-corrected chi connectivity index (χ0v) is 8.63. The van der Waals surface area contributed by atoms with Crippen LogP contribution in [-0.2, 0) is 43.5 Å². The molecule has 0 aromatic heterocycles. The van der Waals surface area contributed by atoms with Crippen molar-refractivity contribution in [2.24, 2.45) is 0 Å². The van der Waals surface area contributed by atoms with Crippen LogP contribution >= 0.6 is 0 Å². The summed E-state index contributed by atoms with van der Waals surface area (Å²) in [6.07, 6.45) is 0. The molecule has 0 rings (SSSR count). The van der Waals surface area contributed by atoms with Gasteiger partial charge < -0.3 is 44.4 Å². The van der Waals surface area contributed by atoms with Crippen molar-refractivity contribution in [3.63, 3.8) is 0 Å². The average molecular weight is 311 g/mol. The minimum absolute atomic E-state index is 0. The van der Waals surface area contributed by atoms with Crippen LogP contribution in [0.1, 0.15) is 0 Å². The van der Waals surface area contributed by atoms with Crippen molar-refractivity contribution in [3.8, 4) is 0 Å². The summed E-state index contributed by atoms with van der Waals surface area (Å²) >= 11 is 0. The van der Waals surface area contributed by atoms with Gasteiger partial charge in [0.15, 0.2) is 0 Å². The Morgan fingerprint density at radius 1 is 0.600 bits per heavy atom. The number of carbonyl (C=O) groups excluding carboxylic acids is 1. The molecule has 0 aromatic carbocycles. The molecule has 0 aliphatic carbocycles. The van der Waals surface area contributed by atoms with E-state index in [2.05, 4.69) is 0 Å². The molecule has 0 saturated heterocycles. The average Bonchev–Trinajstić information content (AvgIpc) is 2.12. The fourth-order valence-electron chi connectivity index (χ4n) is 0. The number of aliphatic hydroxyl groups excluding tert-OH is 4. The second-order valence-corrected chi connectivity index (χ2v) is 0.365. The quantitative estimate of drug-likeness (QED) is 0.300. The van der Waals surface area contributed by atoms with Crippen LogP contribution in [0.25, 0.3) is 0 Å². The van der Waals surface area contributed by atoms with Gasteiger partial charge in [-0.1, -0.05) is 25.9 Å². The van der Waals surface area contributed by atoms with Crippen LogP contribution in [0.3, 0.4) is 0 Å². The molecule has 0 amide bonds. The predicted molar refractivity (Wildman–Crippen MR) is 40.4 cm³/mol. The largest absolute Gasteiger partial charge is 4.00 e. The fraction of sp³-hybridized carbons (Fsp3) is 0. The molecule has 0 radical (unpaired) electrons. The van der Waals surface area contributed by atoms with Crippen molar-refractivity contribution in [1.82, 2.24) is 0 Å². The minimum Gasteiger partial charge on any atom is -0.665 e. The van der Waals surface area contributed by atoms with Gasteiger partial charge in [0.2, 0.25) is 0 Å². The van der Waals surface area contributed by atoms with Gasteiger partial charge in [-0.25, -0.2) is 0 Å². The maximum Gasteiger partial charge on any atom is 4.00 e. The molecule has 0 aliphatic rings. The Kier molecular flexibility index (Phi) is 814. The first kappa shape index (κ1) is 37.9. The van der Waals surface area contributed by atoms with Crippen molar-refractivity contribution in [1.29, 1.82) is 0 Å². The zero-order valence-electron chi connectivity index (χ0n) is 6.89. The minimum atomic E-state index is 0. The van der Waals surface area contributed by atoms with Crippen molar-refractivity contribution in [2.75, 3.05) is 0 Å². The maximum absolute atomic E-state index is 8.24. The summed E-state index contributed by atoms with van der Waals surface area (Å²) in [5, 5.41) is 27.1. The third-order valence-corrected chi connectivity index (χ3v) is 0. The summed E-state index contributed by atoms with van der Waals surface area (Å²) in [6, 6.07) is 0. The Labute approximate surface area is 97.1 Å². The second-order valence-electron chi connectivity index (χ2n) is 0.365. The Balaban J connectivity index is -0.0000000167. The van der Waals surface area contributed by atoms with Crippen LogP contribution in [0.2, 0.25) is 0 Å². The first-order valence-corrected chi connectivity index (χ1v) is 2.00. The Morgan fingerprint density at radius 2 is 0.600 bits per heavy atom. The molecule has 0 spiro atoms. The Hall–Kier alpha value is -1.83. The molecule has 0 heterocycles. The molecule has 10 heteroatoms. The summed E-state index contributed by atoms with van der Waals surface area (Å²) in [4.78, 5) is 40.9. The van der Waals surface area contributed by atoms with Gasteiger partial charge in [0.1, 0.15) is 6.79 Å². The van der Waals surface area contributed by atoms with Gasteiger partial charge in [-0.15, -0.1) is 0 Å². The van der Waals surface area contributed by atoms with E-state index in [9.17, 15) is 0 Å². The number of carbonyl (C=O) groups is 1. The molecular weight excluding hydrogens is 305 g/mol. The predicted octanol–water partition coefficient (Wildman–Crippen LogP) is -1.74. The van der Waals surface area contributed by atoms with Gasteiger partial charge in [-0.2, -0.15) is 0 Å². The van der Waals surface area contributed by atoms with Gasteiger partial charge >= 0.3 is 19.5 Å². The summed E-state index contributed by atoms with van der Waals surface area (Å²) < 4.78 is 0. The summed E-state index contributed by atoms with van der Waals surface area (Å²) in [7, 11) is 0. The topological polar surface area (TPSA) is 166 Å². The number of rotatable bonds is 0. The zero-order chi connectivity index (χ0) is 12.8. The standard InChI is InChI=1S/4CHO2.CH2O.Ru/c4*2-1-3;1-2;/h4*(H,2,3);1H2;/q4*-1;;+4. The van der Waals surface area contributed by atoms with Gasteiger partial charge in [-0.05, 0) is 0 Å². The first-order valence-electron chi connectivity index (χ1n) is 2.00. The van der Waals surface area contributed by atoms with E-state index in [1.54, 1.807) is 0 Å². The van der Waals surface area contributed by atoms with E-state index >= 15 is 0 Å². The van der Waals surface area contributed by atoms with Crippen LogP contribution in [0.5, 0.6) is 0 Å². The molecule has 9 nitrogen and oxygen atoms in total. The van der Waals surface area contributed by atoms with Crippen LogP contribution in [0.15, 0.2) is 0 Å². The Morgan fingerprint density at radius 3 is 0.600 bits per heavy atom. The second kappa shape index (κ2) is 322. The monoisotopic (exact) mass is 312 g/mol. The van der Waals surface area contributed by atoms with Gasteiger partial charge in [0, 0.05) is 0 Å². The first-order chi connectivity index (χ1) is 6.66. The van der Waals surface area contributed by atoms with Crippen molar-refractivity contribution in [3.05, 3.63) is 0 Å². The molecular formula is C5H6O9Ru. The molecule has 4 N–H and O–H groups in total. The third kappa shape index (κ3) is 378. The molecule has 0 aliphatic heterocycles. The Bertz CT molecular complexity index is 82.7.